The summed E-state index contributed by atoms with van der Waals surface area (Å²) in [6.45, 7) is 2.03. The smallest absolute Gasteiger partial charge is 0.130 e. The zero-order valence-corrected chi connectivity index (χ0v) is 12.4. The Balaban J connectivity index is 2.39. The zero-order valence-electron chi connectivity index (χ0n) is 12.4. The van der Waals surface area contributed by atoms with Gasteiger partial charge in [-0.15, -0.1) is 0 Å². The van der Waals surface area contributed by atoms with Crippen LogP contribution in [0.5, 0.6) is 11.5 Å². The first-order valence-electron chi connectivity index (χ1n) is 6.86. The summed E-state index contributed by atoms with van der Waals surface area (Å²) in [6, 6.07) is 9.00. The van der Waals surface area contributed by atoms with Crippen molar-refractivity contribution in [3.8, 4) is 22.6 Å². The Morgan fingerprint density at radius 3 is 2.57 bits per heavy atom. The fourth-order valence-electron chi connectivity index (χ4n) is 2.86. The van der Waals surface area contributed by atoms with E-state index in [2.05, 4.69) is 0 Å². The lowest BCUT2D eigenvalue weighted by Gasteiger charge is -2.16. The molecule has 21 heavy (non-hydrogen) atoms. The van der Waals surface area contributed by atoms with Crippen LogP contribution in [0.1, 0.15) is 18.1 Å². The van der Waals surface area contributed by atoms with Gasteiger partial charge in [-0.1, -0.05) is 18.2 Å². The quantitative estimate of drug-likeness (QED) is 0.810. The van der Waals surface area contributed by atoms with Gasteiger partial charge in [0.1, 0.15) is 17.3 Å². The van der Waals surface area contributed by atoms with Gasteiger partial charge in [-0.05, 0) is 47.7 Å². The Hall–Kier alpha value is -2.29. The molecular formula is C18H17FO2. The number of methoxy groups -OCH3 is 2. The van der Waals surface area contributed by atoms with Gasteiger partial charge in [0.25, 0.3) is 0 Å². The van der Waals surface area contributed by atoms with Crippen LogP contribution >= 0.6 is 0 Å². The molecule has 108 valence electrons. The average Bonchev–Trinajstić information content (AvgIpc) is 2.65. The van der Waals surface area contributed by atoms with Crippen LogP contribution < -0.4 is 9.47 Å². The van der Waals surface area contributed by atoms with E-state index in [1.165, 1.54) is 6.07 Å². The van der Waals surface area contributed by atoms with Gasteiger partial charge in [0.05, 0.1) is 14.2 Å². The second-order valence-corrected chi connectivity index (χ2v) is 5.11. The Morgan fingerprint density at radius 1 is 1.05 bits per heavy atom. The van der Waals surface area contributed by atoms with E-state index in [1.807, 2.05) is 31.2 Å². The molecule has 0 saturated carbocycles. The fraction of sp³-hybridized carbons (Fsp3) is 0.222. The first kappa shape index (κ1) is 13.7. The van der Waals surface area contributed by atoms with E-state index in [9.17, 15) is 4.39 Å². The van der Waals surface area contributed by atoms with Gasteiger partial charge >= 0.3 is 0 Å². The van der Waals surface area contributed by atoms with E-state index in [1.54, 1.807) is 20.3 Å². The SMILES string of the molecule is COc1cc(OC)c2c(c1)-c1cccc(F)c1CC=C2C. The van der Waals surface area contributed by atoms with Gasteiger partial charge in [0.15, 0.2) is 0 Å². The summed E-state index contributed by atoms with van der Waals surface area (Å²) in [7, 11) is 3.26. The summed E-state index contributed by atoms with van der Waals surface area (Å²) in [5, 5.41) is 0. The number of hydrogen-bond acceptors (Lipinski definition) is 2. The van der Waals surface area contributed by atoms with Crippen LogP contribution in [0.15, 0.2) is 36.4 Å². The lowest BCUT2D eigenvalue weighted by atomic mass is 9.93. The maximum Gasteiger partial charge on any atom is 0.130 e. The first-order chi connectivity index (χ1) is 10.2. The van der Waals surface area contributed by atoms with Crippen LogP contribution in [0.2, 0.25) is 0 Å². The van der Waals surface area contributed by atoms with E-state index in [0.29, 0.717) is 17.7 Å². The highest BCUT2D eigenvalue weighted by molar-refractivity contribution is 5.88. The number of halogens is 1. The minimum absolute atomic E-state index is 0.175. The minimum atomic E-state index is -0.175. The topological polar surface area (TPSA) is 18.5 Å². The molecule has 2 aromatic rings. The molecule has 0 amide bonds. The molecule has 0 spiro atoms. The summed E-state index contributed by atoms with van der Waals surface area (Å²) >= 11 is 0. The normalized spacial score (nSPS) is 12.9. The molecule has 1 aliphatic rings. The van der Waals surface area contributed by atoms with Gasteiger partial charge in [0, 0.05) is 11.6 Å². The van der Waals surface area contributed by atoms with Crippen molar-refractivity contribution >= 4 is 5.57 Å². The molecule has 0 unspecified atom stereocenters. The molecule has 0 saturated heterocycles. The predicted octanol–water partition coefficient (Wildman–Crippen LogP) is 4.47. The number of ether oxygens (including phenoxy) is 2. The molecule has 0 aromatic heterocycles. The third-order valence-electron chi connectivity index (χ3n) is 3.95. The van der Waals surface area contributed by atoms with E-state index in [4.69, 9.17) is 9.47 Å². The second kappa shape index (κ2) is 5.24. The summed E-state index contributed by atoms with van der Waals surface area (Å²) < 4.78 is 25.0. The summed E-state index contributed by atoms with van der Waals surface area (Å²) in [6.07, 6.45) is 2.62. The van der Waals surface area contributed by atoms with Crippen LogP contribution in [0, 0.1) is 5.82 Å². The van der Waals surface area contributed by atoms with Gasteiger partial charge in [-0.3, -0.25) is 0 Å². The largest absolute Gasteiger partial charge is 0.497 e. The second-order valence-electron chi connectivity index (χ2n) is 5.11. The van der Waals surface area contributed by atoms with Gasteiger partial charge in [-0.2, -0.15) is 0 Å². The molecule has 0 fully saturated rings. The van der Waals surface area contributed by atoms with Crippen LogP contribution in [0.3, 0.4) is 0 Å². The van der Waals surface area contributed by atoms with Crippen LogP contribution in [0.25, 0.3) is 16.7 Å². The molecule has 1 aliphatic carbocycles. The number of fused-ring (bicyclic) bond motifs is 3. The Morgan fingerprint density at radius 2 is 1.86 bits per heavy atom. The number of rotatable bonds is 2. The van der Waals surface area contributed by atoms with Crippen molar-refractivity contribution in [2.45, 2.75) is 13.3 Å². The van der Waals surface area contributed by atoms with Gasteiger partial charge in [0.2, 0.25) is 0 Å². The van der Waals surface area contributed by atoms with E-state index >= 15 is 0 Å². The van der Waals surface area contributed by atoms with Crippen LogP contribution in [-0.4, -0.2) is 14.2 Å². The highest BCUT2D eigenvalue weighted by atomic mass is 19.1. The van der Waals surface area contributed by atoms with Crippen molar-refractivity contribution in [3.05, 3.63) is 53.4 Å². The molecule has 0 atom stereocenters. The van der Waals surface area contributed by atoms with Crippen molar-refractivity contribution in [2.24, 2.45) is 0 Å². The molecule has 3 rings (SSSR count). The molecule has 0 N–H and O–H groups in total. The molecular weight excluding hydrogens is 267 g/mol. The zero-order chi connectivity index (χ0) is 15.0. The summed E-state index contributed by atoms with van der Waals surface area (Å²) in [4.78, 5) is 0. The predicted molar refractivity (Wildman–Crippen MR) is 82.3 cm³/mol. The highest BCUT2D eigenvalue weighted by Crippen LogP contribution is 2.43. The van der Waals surface area contributed by atoms with Crippen molar-refractivity contribution in [1.29, 1.82) is 0 Å². The van der Waals surface area contributed by atoms with E-state index < -0.39 is 0 Å². The Kier molecular flexibility index (Phi) is 3.42. The van der Waals surface area contributed by atoms with Crippen molar-refractivity contribution in [3.63, 3.8) is 0 Å². The number of allylic oxidation sites excluding steroid dienone is 2. The summed E-state index contributed by atoms with van der Waals surface area (Å²) in [5.41, 5.74) is 4.65. The van der Waals surface area contributed by atoms with Gasteiger partial charge < -0.3 is 9.47 Å². The Labute approximate surface area is 123 Å². The standard InChI is InChI=1S/C18H17FO2/c1-11-7-8-14-13(5-4-6-16(14)19)15-9-12(20-2)10-17(21-3)18(11)15/h4-7,9-10H,8H2,1-3H3. The molecule has 2 aromatic carbocycles. The lowest BCUT2D eigenvalue weighted by Crippen LogP contribution is -1.97. The Bertz CT molecular complexity index is 732. The van der Waals surface area contributed by atoms with Crippen LogP contribution in [-0.2, 0) is 6.42 Å². The third-order valence-corrected chi connectivity index (χ3v) is 3.95. The molecule has 0 aliphatic heterocycles. The minimum Gasteiger partial charge on any atom is -0.497 e. The van der Waals surface area contributed by atoms with Crippen LogP contribution in [0.4, 0.5) is 4.39 Å². The van der Waals surface area contributed by atoms with Crippen molar-refractivity contribution < 1.29 is 13.9 Å². The number of hydrogen-bond donors (Lipinski definition) is 0. The molecule has 0 bridgehead atoms. The fourth-order valence-corrected chi connectivity index (χ4v) is 2.86. The molecule has 3 heteroatoms. The average molecular weight is 284 g/mol. The maximum atomic E-state index is 14.1. The lowest BCUT2D eigenvalue weighted by molar-refractivity contribution is 0.394. The monoisotopic (exact) mass is 284 g/mol. The van der Waals surface area contributed by atoms with Crippen molar-refractivity contribution in [2.75, 3.05) is 14.2 Å². The highest BCUT2D eigenvalue weighted by Gasteiger charge is 2.21. The molecule has 2 nitrogen and oxygen atoms in total. The van der Waals surface area contributed by atoms with Gasteiger partial charge in [-0.25, -0.2) is 4.39 Å². The summed E-state index contributed by atoms with van der Waals surface area (Å²) in [5.74, 6) is 1.27. The van der Waals surface area contributed by atoms with Crippen molar-refractivity contribution in [1.82, 2.24) is 0 Å². The molecule has 0 radical (unpaired) electrons. The first-order valence-corrected chi connectivity index (χ1v) is 6.86. The third kappa shape index (κ3) is 2.19. The molecule has 0 heterocycles. The maximum absolute atomic E-state index is 14.1. The number of benzene rings is 2. The van der Waals surface area contributed by atoms with E-state index in [0.717, 1.165) is 28.0 Å². The van der Waals surface area contributed by atoms with E-state index in [-0.39, 0.29) is 5.82 Å².